The Labute approximate surface area is 97.5 Å². The standard InChI is InChI=1S/C8H16.C7H14/c1-4-6-8(3)7-5-2;1-4-5-6-7(2)3/h3-7H2,1-2H3;6H,4-5H2,1-3H3. The van der Waals surface area contributed by atoms with E-state index in [9.17, 15) is 0 Å². The quantitative estimate of drug-likeness (QED) is 0.479. The van der Waals surface area contributed by atoms with Gasteiger partial charge in [0.2, 0.25) is 0 Å². The summed E-state index contributed by atoms with van der Waals surface area (Å²) in [4.78, 5) is 0. The van der Waals surface area contributed by atoms with Crippen LogP contribution in [0.2, 0.25) is 0 Å². The molecule has 0 unspecified atom stereocenters. The van der Waals surface area contributed by atoms with E-state index in [2.05, 4.69) is 47.3 Å². The lowest BCUT2D eigenvalue weighted by Gasteiger charge is -1.97. The Bertz CT molecular complexity index is 151. The van der Waals surface area contributed by atoms with E-state index in [-0.39, 0.29) is 0 Å². The Balaban J connectivity index is 0. The molecule has 0 fully saturated rings. The number of unbranched alkanes of at least 4 members (excludes halogenated alkanes) is 1. The summed E-state index contributed by atoms with van der Waals surface area (Å²) in [6.07, 6.45) is 9.70. The van der Waals surface area contributed by atoms with Gasteiger partial charge < -0.3 is 0 Å². The fourth-order valence-corrected chi connectivity index (χ4v) is 1.27. The smallest absolute Gasteiger partial charge is 0.0326 e. The minimum absolute atomic E-state index is 1.22. The van der Waals surface area contributed by atoms with Gasteiger partial charge in [0.15, 0.2) is 0 Å². The Kier molecular flexibility index (Phi) is 15.2. The Morgan fingerprint density at radius 2 is 1.40 bits per heavy atom. The van der Waals surface area contributed by atoms with Gasteiger partial charge in [0.05, 0.1) is 0 Å². The van der Waals surface area contributed by atoms with Gasteiger partial charge in [0, 0.05) is 0 Å². The van der Waals surface area contributed by atoms with Gasteiger partial charge >= 0.3 is 0 Å². The molecule has 0 heteroatoms. The van der Waals surface area contributed by atoms with Gasteiger partial charge in [-0.2, -0.15) is 0 Å². The van der Waals surface area contributed by atoms with Crippen LogP contribution >= 0.6 is 0 Å². The minimum atomic E-state index is 1.22. The van der Waals surface area contributed by atoms with E-state index >= 15 is 0 Å². The predicted octanol–water partition coefficient (Wildman–Crippen LogP) is 5.90. The highest BCUT2D eigenvalue weighted by molar-refractivity contribution is 4.92. The van der Waals surface area contributed by atoms with Crippen LogP contribution in [0.15, 0.2) is 23.8 Å². The molecule has 0 aliphatic heterocycles. The maximum Gasteiger partial charge on any atom is -0.0326 e. The monoisotopic (exact) mass is 210 g/mol. The van der Waals surface area contributed by atoms with Crippen molar-refractivity contribution in [3.63, 3.8) is 0 Å². The molecule has 0 aromatic rings. The van der Waals surface area contributed by atoms with Crippen molar-refractivity contribution in [3.05, 3.63) is 23.8 Å². The molecule has 0 aromatic carbocycles. The molecule has 0 bridgehead atoms. The van der Waals surface area contributed by atoms with E-state index in [1.54, 1.807) is 0 Å². The van der Waals surface area contributed by atoms with Crippen LogP contribution in [0.5, 0.6) is 0 Å². The summed E-state index contributed by atoms with van der Waals surface area (Å²) in [6, 6.07) is 0. The van der Waals surface area contributed by atoms with E-state index in [1.165, 1.54) is 49.7 Å². The second-order valence-electron chi connectivity index (χ2n) is 4.32. The first-order chi connectivity index (χ1) is 7.08. The SMILES string of the molecule is C=C(CCC)CCC.CCCC=C(C)C. The molecular formula is C15H30. The normalized spacial score (nSPS) is 8.87. The lowest BCUT2D eigenvalue weighted by atomic mass is 10.1. The molecule has 0 aliphatic carbocycles. The average molecular weight is 210 g/mol. The summed E-state index contributed by atoms with van der Waals surface area (Å²) in [6.45, 7) is 14.8. The van der Waals surface area contributed by atoms with E-state index in [1.807, 2.05) is 0 Å². The van der Waals surface area contributed by atoms with Crippen LogP contribution in [-0.2, 0) is 0 Å². The predicted molar refractivity (Wildman–Crippen MR) is 73.3 cm³/mol. The van der Waals surface area contributed by atoms with Crippen molar-refractivity contribution in [2.45, 2.75) is 73.1 Å². The maximum atomic E-state index is 3.93. The van der Waals surface area contributed by atoms with E-state index in [4.69, 9.17) is 0 Å². The highest BCUT2D eigenvalue weighted by Gasteiger charge is 1.87. The molecule has 0 rings (SSSR count). The van der Waals surface area contributed by atoms with Crippen molar-refractivity contribution < 1.29 is 0 Å². The third-order valence-corrected chi connectivity index (χ3v) is 2.05. The minimum Gasteiger partial charge on any atom is -0.0999 e. The van der Waals surface area contributed by atoms with Gasteiger partial charge in [-0.25, -0.2) is 0 Å². The first-order valence-corrected chi connectivity index (χ1v) is 6.38. The number of hydrogen-bond acceptors (Lipinski definition) is 0. The van der Waals surface area contributed by atoms with Gasteiger partial charge in [-0.15, -0.1) is 0 Å². The van der Waals surface area contributed by atoms with E-state index < -0.39 is 0 Å². The summed E-state index contributed by atoms with van der Waals surface area (Å²) >= 11 is 0. The fourth-order valence-electron chi connectivity index (χ4n) is 1.27. The molecule has 0 heterocycles. The summed E-state index contributed by atoms with van der Waals surface area (Å²) in [7, 11) is 0. The van der Waals surface area contributed by atoms with Crippen LogP contribution in [-0.4, -0.2) is 0 Å². The maximum absolute atomic E-state index is 3.93. The largest absolute Gasteiger partial charge is 0.0999 e. The molecule has 0 spiro atoms. The molecule has 0 atom stereocenters. The molecule has 0 radical (unpaired) electrons. The molecule has 0 aliphatic rings. The third kappa shape index (κ3) is 19.8. The molecule has 0 aromatic heterocycles. The highest BCUT2D eigenvalue weighted by atomic mass is 13.9. The van der Waals surface area contributed by atoms with Crippen LogP contribution in [0.4, 0.5) is 0 Å². The van der Waals surface area contributed by atoms with Crippen LogP contribution < -0.4 is 0 Å². The molecular weight excluding hydrogens is 180 g/mol. The van der Waals surface area contributed by atoms with E-state index in [0.29, 0.717) is 0 Å². The van der Waals surface area contributed by atoms with Gasteiger partial charge in [0.25, 0.3) is 0 Å². The first-order valence-electron chi connectivity index (χ1n) is 6.38. The van der Waals surface area contributed by atoms with Crippen LogP contribution in [0, 0.1) is 0 Å². The van der Waals surface area contributed by atoms with Crippen molar-refractivity contribution >= 4 is 0 Å². The lowest BCUT2D eigenvalue weighted by molar-refractivity contribution is 0.807. The topological polar surface area (TPSA) is 0 Å². The zero-order valence-corrected chi connectivity index (χ0v) is 11.5. The van der Waals surface area contributed by atoms with Gasteiger partial charge in [-0.05, 0) is 33.1 Å². The van der Waals surface area contributed by atoms with Crippen molar-refractivity contribution in [3.8, 4) is 0 Å². The molecule has 90 valence electrons. The molecule has 15 heavy (non-hydrogen) atoms. The second-order valence-corrected chi connectivity index (χ2v) is 4.32. The summed E-state index contributed by atoms with van der Waals surface area (Å²) in [5.74, 6) is 0. The van der Waals surface area contributed by atoms with Crippen molar-refractivity contribution in [2.75, 3.05) is 0 Å². The Morgan fingerprint density at radius 1 is 0.933 bits per heavy atom. The highest BCUT2D eigenvalue weighted by Crippen LogP contribution is 2.07. The Hall–Kier alpha value is -0.520. The number of hydrogen-bond donors (Lipinski definition) is 0. The average Bonchev–Trinajstić information content (AvgIpc) is 2.16. The summed E-state index contributed by atoms with van der Waals surface area (Å²) in [5, 5.41) is 0. The van der Waals surface area contributed by atoms with Crippen LogP contribution in [0.3, 0.4) is 0 Å². The summed E-state index contributed by atoms with van der Waals surface area (Å²) < 4.78 is 0. The van der Waals surface area contributed by atoms with E-state index in [0.717, 1.165) is 0 Å². The second kappa shape index (κ2) is 13.5. The fraction of sp³-hybridized carbons (Fsp3) is 0.733. The van der Waals surface area contributed by atoms with Gasteiger partial charge in [0.1, 0.15) is 0 Å². The molecule has 0 saturated carbocycles. The first kappa shape index (κ1) is 16.9. The number of rotatable bonds is 6. The lowest BCUT2D eigenvalue weighted by Crippen LogP contribution is -1.77. The zero-order chi connectivity index (χ0) is 12.1. The summed E-state index contributed by atoms with van der Waals surface area (Å²) in [5.41, 5.74) is 2.84. The third-order valence-electron chi connectivity index (χ3n) is 2.05. The Morgan fingerprint density at radius 3 is 1.60 bits per heavy atom. The molecule has 0 saturated heterocycles. The van der Waals surface area contributed by atoms with Gasteiger partial charge in [-0.1, -0.05) is 63.8 Å². The van der Waals surface area contributed by atoms with Gasteiger partial charge in [-0.3, -0.25) is 0 Å². The number of allylic oxidation sites excluding steroid dienone is 3. The van der Waals surface area contributed by atoms with Crippen molar-refractivity contribution in [2.24, 2.45) is 0 Å². The molecule has 0 N–H and O–H groups in total. The van der Waals surface area contributed by atoms with Crippen molar-refractivity contribution in [1.29, 1.82) is 0 Å². The van der Waals surface area contributed by atoms with Crippen molar-refractivity contribution in [1.82, 2.24) is 0 Å². The van der Waals surface area contributed by atoms with Crippen LogP contribution in [0.25, 0.3) is 0 Å². The zero-order valence-electron chi connectivity index (χ0n) is 11.5. The molecule has 0 amide bonds. The molecule has 0 nitrogen and oxygen atoms in total. The van der Waals surface area contributed by atoms with Crippen LogP contribution in [0.1, 0.15) is 73.1 Å².